The number of hydrogen-bond acceptors (Lipinski definition) is 6. The fraction of sp³-hybridized carbons (Fsp3) is 0.538. The number of terminal acetylenes is 1. The lowest BCUT2D eigenvalue weighted by molar-refractivity contribution is 0.0535. The average molecular weight is 298 g/mol. The quantitative estimate of drug-likeness (QED) is 0.454. The molecular formula is C13H18N2O4S. The minimum absolute atomic E-state index is 0.0584. The molecule has 7 heteroatoms. The van der Waals surface area contributed by atoms with Crippen molar-refractivity contribution in [3.05, 3.63) is 11.1 Å². The summed E-state index contributed by atoms with van der Waals surface area (Å²) in [5, 5.41) is 20.8. The Bertz CT molecular complexity index is 455. The van der Waals surface area contributed by atoms with Gasteiger partial charge in [0, 0.05) is 13.0 Å². The first-order valence-electron chi connectivity index (χ1n) is 6.26. The Balaban J connectivity index is 2.31. The number of aliphatic hydroxyl groups is 2. The third-order valence-electron chi connectivity index (χ3n) is 2.35. The highest BCUT2D eigenvalue weighted by Gasteiger charge is 2.12. The smallest absolute Gasteiger partial charge is 0.273 e. The van der Waals surface area contributed by atoms with Gasteiger partial charge in [-0.05, 0) is 12.8 Å². The van der Waals surface area contributed by atoms with Crippen molar-refractivity contribution >= 4 is 17.2 Å². The number of hydrogen-bond donors (Lipinski definition) is 3. The molecule has 0 bridgehead atoms. The second-order valence-electron chi connectivity index (χ2n) is 4.05. The molecule has 1 unspecified atom stereocenters. The summed E-state index contributed by atoms with van der Waals surface area (Å²) in [6.07, 6.45) is 8.03. The number of nitrogens with one attached hydrogen (secondary N) is 1. The zero-order valence-electron chi connectivity index (χ0n) is 11.0. The van der Waals surface area contributed by atoms with Crippen LogP contribution >= 0.6 is 11.3 Å². The van der Waals surface area contributed by atoms with Gasteiger partial charge >= 0.3 is 0 Å². The summed E-state index contributed by atoms with van der Waals surface area (Å²) in [6, 6.07) is 0. The number of unbranched alkanes of at least 4 members (excludes halogenated alkanes) is 2. The first kappa shape index (κ1) is 16.4. The van der Waals surface area contributed by atoms with Crippen LogP contribution in [0.3, 0.4) is 0 Å². The van der Waals surface area contributed by atoms with Crippen LogP contribution in [0.4, 0.5) is 0 Å². The summed E-state index contributed by atoms with van der Waals surface area (Å²) in [5.41, 5.74) is 0. The first-order valence-corrected chi connectivity index (χ1v) is 7.08. The molecule has 0 aliphatic heterocycles. The zero-order chi connectivity index (χ0) is 14.8. The molecule has 0 saturated heterocycles. The van der Waals surface area contributed by atoms with Crippen molar-refractivity contribution in [2.24, 2.45) is 0 Å². The molecule has 1 amide bonds. The molecule has 110 valence electrons. The summed E-state index contributed by atoms with van der Waals surface area (Å²) < 4.78 is 5.14. The number of carbonyl (C=O) groups is 1. The van der Waals surface area contributed by atoms with E-state index in [1.165, 1.54) is 6.20 Å². The van der Waals surface area contributed by atoms with Gasteiger partial charge in [0.2, 0.25) is 0 Å². The maximum absolute atomic E-state index is 11.8. The first-order chi connectivity index (χ1) is 9.67. The fourth-order valence-electron chi connectivity index (χ4n) is 1.29. The third kappa shape index (κ3) is 6.02. The second-order valence-corrected chi connectivity index (χ2v) is 5.05. The molecule has 1 aromatic rings. The molecule has 1 atom stereocenters. The number of aromatic nitrogens is 1. The van der Waals surface area contributed by atoms with Gasteiger partial charge in [-0.1, -0.05) is 11.3 Å². The van der Waals surface area contributed by atoms with Crippen LogP contribution in [0.1, 0.15) is 28.9 Å². The molecule has 0 fully saturated rings. The highest BCUT2D eigenvalue weighted by Crippen LogP contribution is 2.20. The molecule has 0 aliphatic rings. The zero-order valence-corrected chi connectivity index (χ0v) is 11.9. The highest BCUT2D eigenvalue weighted by molar-refractivity contribution is 7.15. The molecule has 6 nitrogen and oxygen atoms in total. The van der Waals surface area contributed by atoms with Crippen molar-refractivity contribution in [2.75, 3.05) is 19.8 Å². The normalized spacial score (nSPS) is 11.7. The molecule has 1 rings (SSSR count). The van der Waals surface area contributed by atoms with E-state index in [4.69, 9.17) is 21.4 Å². The number of ether oxygens (including phenoxy) is 1. The topological polar surface area (TPSA) is 91.7 Å². The maximum Gasteiger partial charge on any atom is 0.273 e. The number of amides is 1. The molecule has 0 spiro atoms. The van der Waals surface area contributed by atoms with E-state index in [0.717, 1.165) is 24.2 Å². The summed E-state index contributed by atoms with van der Waals surface area (Å²) in [4.78, 5) is 16.1. The molecule has 0 radical (unpaired) electrons. The van der Waals surface area contributed by atoms with Crippen molar-refractivity contribution < 1.29 is 19.7 Å². The van der Waals surface area contributed by atoms with Crippen LogP contribution < -0.4 is 10.1 Å². The summed E-state index contributed by atoms with van der Waals surface area (Å²) in [5.74, 6) is 2.34. The molecule has 0 aliphatic carbocycles. The van der Waals surface area contributed by atoms with Gasteiger partial charge in [-0.15, -0.1) is 12.3 Å². The standard InChI is InChI=1S/C13H18N2O4S/c1-2-3-4-5-6-14-12(18)11-7-15-13(20-11)19-9-10(17)8-16/h1,7,10,16-17H,3-6,8-9H2,(H,14,18). The monoisotopic (exact) mass is 298 g/mol. The third-order valence-corrected chi connectivity index (χ3v) is 3.26. The van der Waals surface area contributed by atoms with Gasteiger partial charge in [0.1, 0.15) is 17.6 Å². The lowest BCUT2D eigenvalue weighted by atomic mass is 10.2. The van der Waals surface area contributed by atoms with E-state index in [1.54, 1.807) is 0 Å². The van der Waals surface area contributed by atoms with E-state index >= 15 is 0 Å². The predicted molar refractivity (Wildman–Crippen MR) is 75.7 cm³/mol. The van der Waals surface area contributed by atoms with Crippen LogP contribution in [0.2, 0.25) is 0 Å². The van der Waals surface area contributed by atoms with Crippen molar-refractivity contribution in [1.29, 1.82) is 0 Å². The Hall–Kier alpha value is -1.62. The van der Waals surface area contributed by atoms with E-state index in [0.29, 0.717) is 17.8 Å². The lowest BCUT2D eigenvalue weighted by Gasteiger charge is -2.06. The molecule has 0 aromatic carbocycles. The van der Waals surface area contributed by atoms with Crippen LogP contribution in [-0.2, 0) is 0 Å². The van der Waals surface area contributed by atoms with Gasteiger partial charge in [0.25, 0.3) is 11.1 Å². The van der Waals surface area contributed by atoms with E-state index in [9.17, 15) is 4.79 Å². The van der Waals surface area contributed by atoms with E-state index < -0.39 is 6.10 Å². The van der Waals surface area contributed by atoms with Crippen molar-refractivity contribution in [3.63, 3.8) is 0 Å². The number of rotatable bonds is 9. The highest BCUT2D eigenvalue weighted by atomic mass is 32.1. The Morgan fingerprint density at radius 2 is 2.40 bits per heavy atom. The van der Waals surface area contributed by atoms with E-state index in [1.807, 2.05) is 0 Å². The largest absolute Gasteiger partial charge is 0.467 e. The number of aliphatic hydroxyl groups excluding tert-OH is 2. The van der Waals surface area contributed by atoms with Gasteiger partial charge in [-0.2, -0.15) is 0 Å². The fourth-order valence-corrected chi connectivity index (χ4v) is 1.98. The second kappa shape index (κ2) is 9.31. The minimum Gasteiger partial charge on any atom is -0.467 e. The van der Waals surface area contributed by atoms with Gasteiger partial charge in [-0.25, -0.2) is 4.98 Å². The Labute approximate surface area is 121 Å². The Morgan fingerprint density at radius 1 is 1.60 bits per heavy atom. The molecule has 20 heavy (non-hydrogen) atoms. The van der Waals surface area contributed by atoms with Crippen molar-refractivity contribution in [3.8, 4) is 17.5 Å². The van der Waals surface area contributed by atoms with E-state index in [-0.39, 0.29) is 24.3 Å². The maximum atomic E-state index is 11.8. The lowest BCUT2D eigenvalue weighted by Crippen LogP contribution is -2.23. The van der Waals surface area contributed by atoms with Crippen LogP contribution in [-0.4, -0.2) is 47.0 Å². The molecule has 3 N–H and O–H groups in total. The predicted octanol–water partition coefficient (Wildman–Crippen LogP) is 0.408. The van der Waals surface area contributed by atoms with Crippen molar-refractivity contribution in [2.45, 2.75) is 25.4 Å². The average Bonchev–Trinajstić information content (AvgIpc) is 2.93. The Kier molecular flexibility index (Phi) is 7.65. The van der Waals surface area contributed by atoms with E-state index in [2.05, 4.69) is 16.2 Å². The number of carbonyl (C=O) groups excluding carboxylic acids is 1. The molecular weight excluding hydrogens is 280 g/mol. The minimum atomic E-state index is -0.952. The Morgan fingerprint density at radius 3 is 3.10 bits per heavy atom. The van der Waals surface area contributed by atoms with Gasteiger partial charge in [0.15, 0.2) is 0 Å². The van der Waals surface area contributed by atoms with Crippen LogP contribution in [0, 0.1) is 12.3 Å². The van der Waals surface area contributed by atoms with Crippen LogP contribution in [0.15, 0.2) is 6.20 Å². The molecule has 1 aromatic heterocycles. The summed E-state index contributed by atoms with van der Waals surface area (Å²) in [6.45, 7) is 0.130. The van der Waals surface area contributed by atoms with Crippen LogP contribution in [0.5, 0.6) is 5.19 Å². The summed E-state index contributed by atoms with van der Waals surface area (Å²) >= 11 is 1.09. The van der Waals surface area contributed by atoms with Crippen LogP contribution in [0.25, 0.3) is 0 Å². The van der Waals surface area contributed by atoms with Gasteiger partial charge in [0.05, 0.1) is 12.8 Å². The molecule has 1 heterocycles. The number of nitrogens with zero attached hydrogens (tertiary/aromatic N) is 1. The van der Waals surface area contributed by atoms with Crippen molar-refractivity contribution in [1.82, 2.24) is 10.3 Å². The van der Waals surface area contributed by atoms with Gasteiger partial charge < -0.3 is 20.3 Å². The molecule has 0 saturated carbocycles. The summed E-state index contributed by atoms with van der Waals surface area (Å²) in [7, 11) is 0. The van der Waals surface area contributed by atoms with Gasteiger partial charge in [-0.3, -0.25) is 4.79 Å². The SMILES string of the molecule is C#CCCCCNC(=O)c1cnc(OCC(O)CO)s1. The number of thiazole rings is 1.